The number of carboxylic acid groups (broad SMARTS) is 1. The third kappa shape index (κ3) is 13.9. The number of carbonyl (C=O) groups excluding carboxylic acids is 1. The Morgan fingerprint density at radius 3 is 2.21 bits per heavy atom. The molecule has 0 aliphatic rings. The molecule has 142 valence electrons. The van der Waals surface area contributed by atoms with Gasteiger partial charge >= 0.3 is 5.97 Å². The van der Waals surface area contributed by atoms with Crippen LogP contribution in [-0.4, -0.2) is 64.5 Å². The van der Waals surface area contributed by atoms with Gasteiger partial charge in [-0.1, -0.05) is 34.4 Å². The van der Waals surface area contributed by atoms with Crippen LogP contribution in [0.15, 0.2) is 0 Å². The molecular weight excluding hydrogens is 378 g/mol. The van der Waals surface area contributed by atoms with Gasteiger partial charge in [-0.3, -0.25) is 9.35 Å². The lowest BCUT2D eigenvalue weighted by Gasteiger charge is -2.16. The van der Waals surface area contributed by atoms with E-state index in [1.807, 2.05) is 0 Å². The van der Waals surface area contributed by atoms with Crippen LogP contribution in [0.2, 0.25) is 0 Å². The van der Waals surface area contributed by atoms with Crippen molar-refractivity contribution in [1.82, 2.24) is 5.32 Å². The molecule has 2 unspecified atom stereocenters. The lowest BCUT2D eigenvalue weighted by Crippen LogP contribution is -2.47. The van der Waals surface area contributed by atoms with Crippen LogP contribution >= 0.6 is 21.6 Å². The zero-order valence-electron chi connectivity index (χ0n) is 13.5. The quantitative estimate of drug-likeness (QED) is 0.191. The molecule has 0 aromatic carbocycles. The summed E-state index contributed by atoms with van der Waals surface area (Å²) in [5.74, 6) is -0.701. The number of nitrogens with one attached hydrogen (secondary N) is 1. The Labute approximate surface area is 150 Å². The van der Waals surface area contributed by atoms with Gasteiger partial charge in [0.05, 0.1) is 11.9 Å². The van der Waals surface area contributed by atoms with Crippen molar-refractivity contribution in [2.45, 2.75) is 51.2 Å². The van der Waals surface area contributed by atoms with E-state index in [0.29, 0.717) is 12.2 Å². The topological polar surface area (TPSA) is 141 Å². The van der Waals surface area contributed by atoms with Gasteiger partial charge in [0.2, 0.25) is 5.91 Å². The van der Waals surface area contributed by atoms with E-state index < -0.39 is 34.1 Å². The molecule has 8 nitrogen and oxygen atoms in total. The molecule has 0 rings (SSSR count). The number of aliphatic carboxylic acids is 1. The zero-order chi connectivity index (χ0) is 18.6. The molecule has 0 radical (unpaired) electrons. The van der Waals surface area contributed by atoms with Crippen molar-refractivity contribution in [1.29, 1.82) is 0 Å². The van der Waals surface area contributed by atoms with Crippen LogP contribution in [0.4, 0.5) is 0 Å². The molecule has 4 N–H and O–H groups in total. The number of hydrogen-bond donors (Lipinski definition) is 4. The van der Waals surface area contributed by atoms with Gasteiger partial charge in [0, 0.05) is 17.9 Å². The largest absolute Gasteiger partial charge is 0.480 e. The lowest BCUT2D eigenvalue weighted by atomic mass is 10.1. The monoisotopic (exact) mass is 403 g/mol. The first-order valence-corrected chi connectivity index (χ1v) is 11.6. The van der Waals surface area contributed by atoms with Gasteiger partial charge in [0.1, 0.15) is 0 Å². The summed E-state index contributed by atoms with van der Waals surface area (Å²) in [4.78, 5) is 22.4. The zero-order valence-corrected chi connectivity index (χ0v) is 16.0. The predicted octanol–water partition coefficient (Wildman–Crippen LogP) is 1.16. The summed E-state index contributed by atoms with van der Waals surface area (Å²) >= 11 is 0. The molecule has 0 bridgehead atoms. The Hall–Kier alpha value is -0.490. The third-order valence-corrected chi connectivity index (χ3v) is 6.43. The van der Waals surface area contributed by atoms with Gasteiger partial charge in [-0.05, 0) is 19.8 Å². The molecule has 2 atom stereocenters. The van der Waals surface area contributed by atoms with E-state index in [1.54, 1.807) is 10.8 Å². The molecule has 0 aliphatic heterocycles. The van der Waals surface area contributed by atoms with Crippen molar-refractivity contribution in [2.24, 2.45) is 0 Å². The summed E-state index contributed by atoms with van der Waals surface area (Å²) in [7, 11) is -0.944. The lowest BCUT2D eigenvalue weighted by molar-refractivity contribution is -0.144. The first-order chi connectivity index (χ1) is 11.1. The van der Waals surface area contributed by atoms with Crippen LogP contribution in [0, 0.1) is 0 Å². The Morgan fingerprint density at radius 1 is 1.08 bits per heavy atom. The fourth-order valence-electron chi connectivity index (χ4n) is 1.69. The number of rotatable bonds is 14. The molecule has 0 fully saturated rings. The van der Waals surface area contributed by atoms with E-state index in [2.05, 4.69) is 5.32 Å². The molecule has 0 spiro atoms. The SMILES string of the molecule is CC(O)C(NC(=O)CCCCCCSSCCS(=O)(=O)O)C(=O)O. The number of aliphatic hydroxyl groups excluding tert-OH is 1. The van der Waals surface area contributed by atoms with Crippen LogP contribution < -0.4 is 5.32 Å². The maximum Gasteiger partial charge on any atom is 0.328 e. The van der Waals surface area contributed by atoms with E-state index >= 15 is 0 Å². The van der Waals surface area contributed by atoms with Crippen LogP contribution in [0.5, 0.6) is 0 Å². The highest BCUT2D eigenvalue weighted by Gasteiger charge is 2.24. The van der Waals surface area contributed by atoms with E-state index in [1.165, 1.54) is 17.7 Å². The average Bonchev–Trinajstić information content (AvgIpc) is 2.44. The summed E-state index contributed by atoms with van der Waals surface area (Å²) in [5.41, 5.74) is 0. The molecule has 0 aliphatic carbocycles. The first kappa shape index (κ1) is 23.5. The van der Waals surface area contributed by atoms with E-state index in [4.69, 9.17) is 9.66 Å². The van der Waals surface area contributed by atoms with Crippen molar-refractivity contribution >= 4 is 43.6 Å². The van der Waals surface area contributed by atoms with Crippen molar-refractivity contribution in [3.05, 3.63) is 0 Å². The predicted molar refractivity (Wildman–Crippen MR) is 95.7 cm³/mol. The highest BCUT2D eigenvalue weighted by atomic mass is 33.1. The maximum atomic E-state index is 11.6. The standard InChI is InChI=1S/C13H25NO7S3/c1-10(15)12(13(17)18)14-11(16)6-4-2-3-5-7-22-23-8-9-24(19,20)21/h10,12,15H,2-9H2,1H3,(H,14,16)(H,17,18)(H,19,20,21). The minimum absolute atomic E-state index is 0.215. The van der Waals surface area contributed by atoms with Gasteiger partial charge in [-0.25, -0.2) is 4.79 Å². The molecule has 0 aromatic rings. The summed E-state index contributed by atoms with van der Waals surface area (Å²) in [5, 5.41) is 20.4. The number of carboxylic acids is 1. The fourth-order valence-corrected chi connectivity index (χ4v) is 5.04. The van der Waals surface area contributed by atoms with Crippen molar-refractivity contribution < 1.29 is 32.8 Å². The smallest absolute Gasteiger partial charge is 0.328 e. The van der Waals surface area contributed by atoms with E-state index in [9.17, 15) is 23.1 Å². The van der Waals surface area contributed by atoms with Gasteiger partial charge in [0.15, 0.2) is 6.04 Å². The summed E-state index contributed by atoms with van der Waals surface area (Å²) < 4.78 is 29.5. The number of carbonyl (C=O) groups is 2. The number of hydrogen-bond acceptors (Lipinski definition) is 7. The van der Waals surface area contributed by atoms with Gasteiger partial charge in [-0.15, -0.1) is 0 Å². The first-order valence-electron chi connectivity index (χ1n) is 7.53. The van der Waals surface area contributed by atoms with Crippen LogP contribution in [-0.2, 0) is 19.7 Å². The van der Waals surface area contributed by atoms with Crippen molar-refractivity contribution in [3.8, 4) is 0 Å². The summed E-state index contributed by atoms with van der Waals surface area (Å²) in [6.45, 7) is 1.31. The molecule has 11 heteroatoms. The third-order valence-electron chi connectivity index (χ3n) is 2.95. The van der Waals surface area contributed by atoms with Crippen molar-refractivity contribution in [2.75, 3.05) is 17.3 Å². The van der Waals surface area contributed by atoms with Crippen LogP contribution in [0.25, 0.3) is 0 Å². The molecular formula is C13H25NO7S3. The van der Waals surface area contributed by atoms with Crippen LogP contribution in [0.3, 0.4) is 0 Å². The second-order valence-electron chi connectivity index (χ2n) is 5.22. The number of aliphatic hydroxyl groups is 1. The molecule has 0 heterocycles. The molecule has 24 heavy (non-hydrogen) atoms. The molecule has 0 saturated heterocycles. The minimum Gasteiger partial charge on any atom is -0.480 e. The normalized spacial score (nSPS) is 14.1. The maximum absolute atomic E-state index is 11.6. The van der Waals surface area contributed by atoms with E-state index in [-0.39, 0.29) is 12.2 Å². The second-order valence-corrected chi connectivity index (χ2v) is 9.49. The number of unbranched alkanes of at least 4 members (excludes halogenated alkanes) is 3. The van der Waals surface area contributed by atoms with Crippen LogP contribution in [0.1, 0.15) is 39.0 Å². The Bertz CT molecular complexity index is 482. The van der Waals surface area contributed by atoms with E-state index in [0.717, 1.165) is 25.0 Å². The van der Waals surface area contributed by atoms with Crippen molar-refractivity contribution in [3.63, 3.8) is 0 Å². The Kier molecular flexibility index (Phi) is 12.6. The molecule has 0 aromatic heterocycles. The van der Waals surface area contributed by atoms with Gasteiger partial charge in [0.25, 0.3) is 10.1 Å². The Balaban J connectivity index is 3.56. The number of amides is 1. The molecule has 1 amide bonds. The Morgan fingerprint density at radius 2 is 1.67 bits per heavy atom. The van der Waals surface area contributed by atoms with Gasteiger partial charge < -0.3 is 15.5 Å². The molecule has 0 saturated carbocycles. The average molecular weight is 404 g/mol. The minimum atomic E-state index is -3.88. The highest BCUT2D eigenvalue weighted by molar-refractivity contribution is 8.76. The highest BCUT2D eigenvalue weighted by Crippen LogP contribution is 2.23. The summed E-state index contributed by atoms with van der Waals surface area (Å²) in [6, 6.07) is -1.28. The second kappa shape index (κ2) is 12.8. The summed E-state index contributed by atoms with van der Waals surface area (Å²) in [6.07, 6.45) is 2.37. The van der Waals surface area contributed by atoms with Gasteiger partial charge in [-0.2, -0.15) is 8.42 Å². The fraction of sp³-hybridized carbons (Fsp3) is 0.846.